The second-order valence-electron chi connectivity index (χ2n) is 6.97. The van der Waals surface area contributed by atoms with Crippen molar-refractivity contribution in [1.29, 1.82) is 0 Å². The van der Waals surface area contributed by atoms with E-state index in [9.17, 15) is 9.18 Å². The highest BCUT2D eigenvalue weighted by Gasteiger charge is 2.17. The average Bonchev–Trinajstić information content (AvgIpc) is 3.23. The van der Waals surface area contributed by atoms with E-state index in [1.165, 1.54) is 36.3 Å². The Morgan fingerprint density at radius 3 is 3.00 bits per heavy atom. The third kappa shape index (κ3) is 3.78. The van der Waals surface area contributed by atoms with Crippen LogP contribution in [0.5, 0.6) is 0 Å². The van der Waals surface area contributed by atoms with E-state index in [2.05, 4.69) is 27.1 Å². The number of H-pyrrole nitrogens is 1. The van der Waals surface area contributed by atoms with Crippen LogP contribution in [0.15, 0.2) is 29.6 Å². The quantitative estimate of drug-likeness (QED) is 0.720. The lowest BCUT2D eigenvalue weighted by molar-refractivity contribution is 0.102. The zero-order chi connectivity index (χ0) is 18.1. The number of aromatic nitrogens is 2. The van der Waals surface area contributed by atoms with Crippen molar-refractivity contribution in [1.82, 2.24) is 14.9 Å². The van der Waals surface area contributed by atoms with Crippen molar-refractivity contribution >= 4 is 33.3 Å². The maximum atomic E-state index is 13.3. The summed E-state index contributed by atoms with van der Waals surface area (Å²) >= 11 is 1.43. The predicted molar refractivity (Wildman–Crippen MR) is 102 cm³/mol. The first-order valence-electron chi connectivity index (χ1n) is 8.83. The average molecular weight is 372 g/mol. The molecule has 136 valence electrons. The smallest absolute Gasteiger partial charge is 0.273 e. The molecule has 1 saturated heterocycles. The van der Waals surface area contributed by atoms with E-state index < -0.39 is 0 Å². The first-order chi connectivity index (χ1) is 12.6. The minimum absolute atomic E-state index is 0.269. The summed E-state index contributed by atoms with van der Waals surface area (Å²) in [5, 5.41) is 6.08. The van der Waals surface area contributed by atoms with Crippen molar-refractivity contribution in [2.45, 2.75) is 26.3 Å². The van der Waals surface area contributed by atoms with Crippen molar-refractivity contribution in [3.63, 3.8) is 0 Å². The number of amides is 1. The summed E-state index contributed by atoms with van der Waals surface area (Å²) in [4.78, 5) is 22.4. The number of anilines is 1. The number of likely N-dealkylation sites (tertiary alicyclic amines) is 1. The number of benzene rings is 1. The van der Waals surface area contributed by atoms with Gasteiger partial charge in [0.1, 0.15) is 11.5 Å². The molecule has 5 nitrogen and oxygen atoms in total. The molecule has 1 amide bonds. The fourth-order valence-corrected chi connectivity index (χ4v) is 3.97. The van der Waals surface area contributed by atoms with Gasteiger partial charge in [0.05, 0.1) is 5.69 Å². The summed E-state index contributed by atoms with van der Waals surface area (Å²) in [7, 11) is 0. The number of thiazole rings is 1. The summed E-state index contributed by atoms with van der Waals surface area (Å²) in [5.74, 6) is 0.218. The maximum Gasteiger partial charge on any atom is 0.273 e. The molecule has 0 unspecified atom stereocenters. The van der Waals surface area contributed by atoms with Crippen LogP contribution in [0, 0.1) is 11.7 Å². The SMILES string of the molecule is CC1CCN(Cc2csc(NC(=O)c3cc4cc(F)ccc4[nH]3)n2)CC1. The second kappa shape index (κ2) is 7.17. The van der Waals surface area contributed by atoms with E-state index in [1.807, 2.05) is 5.38 Å². The second-order valence-corrected chi connectivity index (χ2v) is 7.83. The molecule has 1 fully saturated rings. The highest BCUT2D eigenvalue weighted by atomic mass is 32.1. The molecular formula is C19H21FN4OS. The molecule has 1 aromatic carbocycles. The van der Waals surface area contributed by atoms with Crippen molar-refractivity contribution in [2.24, 2.45) is 5.92 Å². The van der Waals surface area contributed by atoms with Crippen LogP contribution in [-0.2, 0) is 6.54 Å². The molecule has 1 aliphatic rings. The number of carbonyl (C=O) groups excluding carboxylic acids is 1. The van der Waals surface area contributed by atoms with Gasteiger partial charge >= 0.3 is 0 Å². The Morgan fingerprint density at radius 1 is 1.38 bits per heavy atom. The van der Waals surface area contributed by atoms with Crippen LogP contribution in [0.25, 0.3) is 10.9 Å². The Balaban J connectivity index is 1.40. The number of carbonyl (C=O) groups is 1. The van der Waals surface area contributed by atoms with Crippen molar-refractivity contribution in [3.05, 3.63) is 46.9 Å². The van der Waals surface area contributed by atoms with Crippen molar-refractivity contribution in [3.8, 4) is 0 Å². The lowest BCUT2D eigenvalue weighted by Gasteiger charge is -2.29. The van der Waals surface area contributed by atoms with E-state index in [1.54, 1.807) is 12.1 Å². The van der Waals surface area contributed by atoms with Gasteiger partial charge in [-0.25, -0.2) is 9.37 Å². The number of nitrogens with one attached hydrogen (secondary N) is 2. The first-order valence-corrected chi connectivity index (χ1v) is 9.71. The van der Waals surface area contributed by atoms with E-state index in [0.29, 0.717) is 16.2 Å². The highest BCUT2D eigenvalue weighted by molar-refractivity contribution is 7.13. The minimum Gasteiger partial charge on any atom is -0.351 e. The molecule has 0 aliphatic carbocycles. The van der Waals surface area contributed by atoms with Gasteiger partial charge in [-0.05, 0) is 56.1 Å². The molecule has 0 saturated carbocycles. The molecule has 0 atom stereocenters. The summed E-state index contributed by atoms with van der Waals surface area (Å²) in [5.41, 5.74) is 2.11. The van der Waals surface area contributed by atoms with Gasteiger partial charge in [0.25, 0.3) is 5.91 Å². The van der Waals surface area contributed by atoms with Gasteiger partial charge in [-0.1, -0.05) is 6.92 Å². The number of rotatable bonds is 4. The molecule has 3 heterocycles. The van der Waals surface area contributed by atoms with E-state index in [0.717, 1.165) is 36.8 Å². The van der Waals surface area contributed by atoms with Crippen molar-refractivity contribution < 1.29 is 9.18 Å². The number of nitrogens with zero attached hydrogens (tertiary/aromatic N) is 2. The van der Waals surface area contributed by atoms with Gasteiger partial charge in [0, 0.05) is 22.8 Å². The van der Waals surface area contributed by atoms with Gasteiger partial charge in [-0.15, -0.1) is 11.3 Å². The van der Waals surface area contributed by atoms with E-state index in [-0.39, 0.29) is 11.7 Å². The highest BCUT2D eigenvalue weighted by Crippen LogP contribution is 2.22. The first kappa shape index (κ1) is 17.2. The van der Waals surface area contributed by atoms with Crippen LogP contribution >= 0.6 is 11.3 Å². The zero-order valence-corrected chi connectivity index (χ0v) is 15.4. The topological polar surface area (TPSA) is 61.0 Å². The fraction of sp³-hybridized carbons (Fsp3) is 0.368. The largest absolute Gasteiger partial charge is 0.351 e. The number of fused-ring (bicyclic) bond motifs is 1. The molecular weight excluding hydrogens is 351 g/mol. The summed E-state index contributed by atoms with van der Waals surface area (Å²) in [6.45, 7) is 5.33. The Morgan fingerprint density at radius 2 is 2.19 bits per heavy atom. The van der Waals surface area contributed by atoms with Crippen molar-refractivity contribution in [2.75, 3.05) is 18.4 Å². The maximum absolute atomic E-state index is 13.3. The third-order valence-corrected chi connectivity index (χ3v) is 5.67. The fourth-order valence-electron chi connectivity index (χ4n) is 3.28. The summed E-state index contributed by atoms with van der Waals surface area (Å²) < 4.78 is 13.3. The van der Waals surface area contributed by atoms with Gasteiger partial charge in [-0.3, -0.25) is 15.0 Å². The van der Waals surface area contributed by atoms with Crippen LogP contribution in [0.1, 0.15) is 35.9 Å². The molecule has 4 rings (SSSR count). The van der Waals surface area contributed by atoms with Crippen LogP contribution < -0.4 is 5.32 Å². The monoisotopic (exact) mass is 372 g/mol. The van der Waals surface area contributed by atoms with Crippen LogP contribution in [0.2, 0.25) is 0 Å². The Hall–Kier alpha value is -2.25. The molecule has 26 heavy (non-hydrogen) atoms. The number of piperidine rings is 1. The number of halogens is 1. The van der Waals surface area contributed by atoms with Gasteiger partial charge in [-0.2, -0.15) is 0 Å². The van der Waals surface area contributed by atoms with Crippen LogP contribution in [0.4, 0.5) is 9.52 Å². The lowest BCUT2D eigenvalue weighted by atomic mass is 9.99. The molecule has 3 aromatic rings. The molecule has 1 aliphatic heterocycles. The van der Waals surface area contributed by atoms with Gasteiger partial charge < -0.3 is 4.98 Å². The standard InChI is InChI=1S/C19H21FN4OS/c1-12-4-6-24(7-5-12)10-15-11-26-19(21-15)23-18(25)17-9-13-8-14(20)2-3-16(13)22-17/h2-3,8-9,11-12,22H,4-7,10H2,1H3,(H,21,23,25). The Kier molecular flexibility index (Phi) is 4.74. The Bertz CT molecular complexity index is 927. The van der Waals surface area contributed by atoms with Gasteiger partial charge in [0.15, 0.2) is 5.13 Å². The molecule has 2 N–H and O–H groups in total. The molecule has 0 spiro atoms. The molecule has 0 radical (unpaired) electrons. The van der Waals surface area contributed by atoms with Gasteiger partial charge in [0.2, 0.25) is 0 Å². The van der Waals surface area contributed by atoms with Crippen LogP contribution in [0.3, 0.4) is 0 Å². The number of hydrogen-bond donors (Lipinski definition) is 2. The summed E-state index contributed by atoms with van der Waals surface area (Å²) in [6, 6.07) is 6.05. The molecule has 0 bridgehead atoms. The third-order valence-electron chi connectivity index (χ3n) is 4.86. The van der Waals surface area contributed by atoms with Crippen LogP contribution in [-0.4, -0.2) is 33.9 Å². The lowest BCUT2D eigenvalue weighted by Crippen LogP contribution is -2.32. The zero-order valence-electron chi connectivity index (χ0n) is 14.6. The minimum atomic E-state index is -0.319. The molecule has 7 heteroatoms. The number of aromatic amines is 1. The predicted octanol–water partition coefficient (Wildman–Crippen LogP) is 4.25. The summed E-state index contributed by atoms with van der Waals surface area (Å²) in [6.07, 6.45) is 2.46. The number of hydrogen-bond acceptors (Lipinski definition) is 4. The molecule has 2 aromatic heterocycles. The van der Waals surface area contributed by atoms with E-state index >= 15 is 0 Å². The van der Waals surface area contributed by atoms with E-state index in [4.69, 9.17) is 0 Å². The Labute approximate surface area is 155 Å². The normalized spacial score (nSPS) is 16.2.